The first-order valence-electron chi connectivity index (χ1n) is 4.96. The lowest BCUT2D eigenvalue weighted by Crippen LogP contribution is -2.21. The highest BCUT2D eigenvalue weighted by Crippen LogP contribution is 2.44. The van der Waals surface area contributed by atoms with Gasteiger partial charge in [0.15, 0.2) is 0 Å². The van der Waals surface area contributed by atoms with Gasteiger partial charge in [-0.1, -0.05) is 25.5 Å². The molecular formula is C11H21N. The van der Waals surface area contributed by atoms with Gasteiger partial charge in [0.25, 0.3) is 0 Å². The zero-order valence-electron chi connectivity index (χ0n) is 8.56. The van der Waals surface area contributed by atoms with E-state index in [0.29, 0.717) is 5.41 Å². The summed E-state index contributed by atoms with van der Waals surface area (Å²) in [6.45, 7) is 7.80. The van der Waals surface area contributed by atoms with Gasteiger partial charge in [0.05, 0.1) is 0 Å². The highest BCUT2D eigenvalue weighted by atomic mass is 14.5. The molecule has 0 bridgehead atoms. The second kappa shape index (κ2) is 3.61. The summed E-state index contributed by atoms with van der Waals surface area (Å²) in [6.07, 6.45) is 6.12. The molecule has 0 aliphatic heterocycles. The molecule has 1 unspecified atom stereocenters. The fourth-order valence-corrected chi connectivity index (χ4v) is 2.04. The first-order valence-corrected chi connectivity index (χ1v) is 4.96. The summed E-state index contributed by atoms with van der Waals surface area (Å²) in [7, 11) is 0. The van der Waals surface area contributed by atoms with Crippen LogP contribution in [0.2, 0.25) is 0 Å². The van der Waals surface area contributed by atoms with E-state index in [1.54, 1.807) is 5.57 Å². The molecule has 1 heteroatoms. The number of hydrogen-bond acceptors (Lipinski definition) is 1. The fraction of sp³-hybridized carbons (Fsp3) is 0.818. The monoisotopic (exact) mass is 167 g/mol. The van der Waals surface area contributed by atoms with E-state index in [-0.39, 0.29) is 0 Å². The van der Waals surface area contributed by atoms with Crippen LogP contribution in [-0.4, -0.2) is 6.54 Å². The molecule has 1 aliphatic carbocycles. The number of allylic oxidation sites excluding steroid dienone is 2. The Morgan fingerprint density at radius 1 is 1.58 bits per heavy atom. The van der Waals surface area contributed by atoms with Gasteiger partial charge in [-0.15, -0.1) is 0 Å². The Morgan fingerprint density at radius 3 is 2.67 bits per heavy atom. The van der Waals surface area contributed by atoms with E-state index in [1.807, 2.05) is 0 Å². The average molecular weight is 167 g/mol. The molecule has 0 saturated heterocycles. The largest absolute Gasteiger partial charge is 0.330 e. The van der Waals surface area contributed by atoms with Crippen molar-refractivity contribution >= 4 is 0 Å². The topological polar surface area (TPSA) is 26.0 Å². The molecule has 0 amide bonds. The average Bonchev–Trinajstić information content (AvgIpc) is 2.25. The summed E-state index contributed by atoms with van der Waals surface area (Å²) in [5, 5.41) is 0. The molecule has 0 heterocycles. The van der Waals surface area contributed by atoms with Gasteiger partial charge < -0.3 is 5.73 Å². The van der Waals surface area contributed by atoms with Crippen LogP contribution in [0.5, 0.6) is 0 Å². The molecule has 1 rings (SSSR count). The molecule has 1 nitrogen and oxygen atoms in total. The van der Waals surface area contributed by atoms with E-state index in [9.17, 15) is 0 Å². The van der Waals surface area contributed by atoms with Crippen LogP contribution >= 0.6 is 0 Å². The van der Waals surface area contributed by atoms with Crippen LogP contribution < -0.4 is 5.73 Å². The number of nitrogens with two attached hydrogens (primary N) is 1. The molecule has 0 radical (unpaired) electrons. The molecule has 0 aromatic carbocycles. The highest BCUT2D eigenvalue weighted by molar-refractivity contribution is 5.17. The van der Waals surface area contributed by atoms with Gasteiger partial charge in [-0.05, 0) is 44.1 Å². The van der Waals surface area contributed by atoms with Crippen molar-refractivity contribution in [1.82, 2.24) is 0 Å². The van der Waals surface area contributed by atoms with E-state index < -0.39 is 0 Å². The fourth-order valence-electron chi connectivity index (χ4n) is 2.04. The van der Waals surface area contributed by atoms with Crippen molar-refractivity contribution < 1.29 is 0 Å². The van der Waals surface area contributed by atoms with Gasteiger partial charge in [0, 0.05) is 0 Å². The molecule has 1 aliphatic rings. The van der Waals surface area contributed by atoms with Crippen LogP contribution in [0, 0.1) is 11.3 Å². The zero-order valence-corrected chi connectivity index (χ0v) is 8.56. The van der Waals surface area contributed by atoms with Crippen molar-refractivity contribution in [1.29, 1.82) is 0 Å². The molecule has 0 spiro atoms. The number of hydrogen-bond donors (Lipinski definition) is 1. The maximum atomic E-state index is 5.51. The van der Waals surface area contributed by atoms with Gasteiger partial charge in [0.1, 0.15) is 0 Å². The quantitative estimate of drug-likeness (QED) is 0.643. The molecule has 1 atom stereocenters. The Morgan fingerprint density at radius 2 is 2.25 bits per heavy atom. The van der Waals surface area contributed by atoms with Crippen molar-refractivity contribution in [2.24, 2.45) is 17.1 Å². The molecule has 70 valence electrons. The summed E-state index contributed by atoms with van der Waals surface area (Å²) < 4.78 is 0. The van der Waals surface area contributed by atoms with E-state index in [2.05, 4.69) is 26.8 Å². The summed E-state index contributed by atoms with van der Waals surface area (Å²) in [6, 6.07) is 0. The van der Waals surface area contributed by atoms with Gasteiger partial charge in [-0.2, -0.15) is 0 Å². The summed E-state index contributed by atoms with van der Waals surface area (Å²) in [5.74, 6) is 0.834. The Balaban J connectivity index is 2.49. The Labute approximate surface area is 76.0 Å². The second-order valence-electron chi connectivity index (χ2n) is 4.47. The molecular weight excluding hydrogens is 146 g/mol. The van der Waals surface area contributed by atoms with Crippen LogP contribution in [0.1, 0.15) is 40.0 Å². The third-order valence-electron chi connectivity index (χ3n) is 3.50. The Bertz CT molecular complexity index is 179. The predicted molar refractivity (Wildman–Crippen MR) is 53.9 cm³/mol. The molecule has 0 aromatic heterocycles. The smallest absolute Gasteiger partial charge is 0.00772 e. The van der Waals surface area contributed by atoms with Crippen LogP contribution in [0.25, 0.3) is 0 Å². The Hall–Kier alpha value is -0.300. The van der Waals surface area contributed by atoms with Crippen molar-refractivity contribution in [2.45, 2.75) is 40.0 Å². The maximum absolute atomic E-state index is 5.51. The molecule has 0 saturated carbocycles. The van der Waals surface area contributed by atoms with Crippen molar-refractivity contribution in [3.05, 3.63) is 11.6 Å². The van der Waals surface area contributed by atoms with Crippen LogP contribution in [-0.2, 0) is 0 Å². The van der Waals surface area contributed by atoms with E-state index in [0.717, 1.165) is 12.5 Å². The highest BCUT2D eigenvalue weighted by Gasteiger charge is 2.33. The SMILES string of the molecule is CC1=CCC(CCCN)C1(C)C. The normalized spacial score (nSPS) is 27.3. The second-order valence-corrected chi connectivity index (χ2v) is 4.47. The first kappa shape index (κ1) is 9.79. The first-order chi connectivity index (χ1) is 5.59. The van der Waals surface area contributed by atoms with Gasteiger partial charge in [0.2, 0.25) is 0 Å². The zero-order chi connectivity index (χ0) is 9.19. The minimum absolute atomic E-state index is 0.426. The van der Waals surface area contributed by atoms with E-state index in [1.165, 1.54) is 19.3 Å². The third kappa shape index (κ3) is 1.71. The number of rotatable bonds is 3. The van der Waals surface area contributed by atoms with Crippen LogP contribution in [0.15, 0.2) is 11.6 Å². The lowest BCUT2D eigenvalue weighted by Gasteiger charge is -2.29. The van der Waals surface area contributed by atoms with Gasteiger partial charge in [-0.25, -0.2) is 0 Å². The van der Waals surface area contributed by atoms with Gasteiger partial charge >= 0.3 is 0 Å². The standard InChI is InChI=1S/C11H21N/c1-9-6-7-10(5-4-8-12)11(9,2)3/h6,10H,4-5,7-8,12H2,1-3H3. The van der Waals surface area contributed by atoms with Crippen LogP contribution in [0.3, 0.4) is 0 Å². The summed E-state index contributed by atoms with van der Waals surface area (Å²) >= 11 is 0. The van der Waals surface area contributed by atoms with E-state index >= 15 is 0 Å². The predicted octanol–water partition coefficient (Wildman–Crippen LogP) is 2.72. The molecule has 0 aromatic rings. The molecule has 2 N–H and O–H groups in total. The minimum Gasteiger partial charge on any atom is -0.330 e. The lowest BCUT2D eigenvalue weighted by molar-refractivity contribution is 0.271. The summed E-state index contributed by atoms with van der Waals surface area (Å²) in [4.78, 5) is 0. The van der Waals surface area contributed by atoms with Crippen LogP contribution in [0.4, 0.5) is 0 Å². The lowest BCUT2D eigenvalue weighted by atomic mass is 9.76. The van der Waals surface area contributed by atoms with Gasteiger partial charge in [-0.3, -0.25) is 0 Å². The van der Waals surface area contributed by atoms with Crippen molar-refractivity contribution in [2.75, 3.05) is 6.54 Å². The molecule has 12 heavy (non-hydrogen) atoms. The maximum Gasteiger partial charge on any atom is -0.00772 e. The third-order valence-corrected chi connectivity index (χ3v) is 3.50. The van der Waals surface area contributed by atoms with E-state index in [4.69, 9.17) is 5.73 Å². The van der Waals surface area contributed by atoms with Crippen molar-refractivity contribution in [3.8, 4) is 0 Å². The van der Waals surface area contributed by atoms with Crippen molar-refractivity contribution in [3.63, 3.8) is 0 Å². The molecule has 0 fully saturated rings. The summed E-state index contributed by atoms with van der Waals surface area (Å²) in [5.41, 5.74) is 7.50. The Kier molecular flexibility index (Phi) is 2.94. The minimum atomic E-state index is 0.426.